The molecule has 3 aromatic heterocycles. The average Bonchev–Trinajstić information content (AvgIpc) is 3.09. The van der Waals surface area contributed by atoms with Crippen molar-refractivity contribution >= 4 is 40.2 Å². The number of methoxy groups -OCH3 is 2. The summed E-state index contributed by atoms with van der Waals surface area (Å²) in [6.07, 6.45) is 3.17. The Kier molecular flexibility index (Phi) is 4.65. The van der Waals surface area contributed by atoms with Crippen LogP contribution in [0.25, 0.3) is 5.65 Å². The van der Waals surface area contributed by atoms with Gasteiger partial charge in [0.15, 0.2) is 11.5 Å². The van der Waals surface area contributed by atoms with Gasteiger partial charge in [0.1, 0.15) is 23.1 Å². The molecule has 1 aromatic carbocycles. The first-order valence-corrected chi connectivity index (χ1v) is 8.68. The second-order valence-electron chi connectivity index (χ2n) is 6.19. The van der Waals surface area contributed by atoms with Gasteiger partial charge in [-0.05, 0) is 18.2 Å². The fourth-order valence-electron chi connectivity index (χ4n) is 2.81. The molecule has 0 fully saturated rings. The number of hydrogen-bond acceptors (Lipinski definition) is 9. The lowest BCUT2D eigenvalue weighted by atomic mass is 10.2. The molecule has 0 amide bonds. The molecule has 0 atom stereocenters. The Morgan fingerprint density at radius 3 is 2.41 bits per heavy atom. The number of nitrogen functional groups attached to an aromatic ring is 2. The number of imidazole rings is 1. The van der Waals surface area contributed by atoms with Gasteiger partial charge in [-0.3, -0.25) is 0 Å². The van der Waals surface area contributed by atoms with E-state index in [0.29, 0.717) is 46.0 Å². The quantitative estimate of drug-likeness (QED) is 0.365. The summed E-state index contributed by atoms with van der Waals surface area (Å²) in [5.74, 6) is 2.86. The monoisotopic (exact) mass is 392 g/mol. The summed E-state index contributed by atoms with van der Waals surface area (Å²) in [5, 5.41) is 11.0. The Morgan fingerprint density at radius 2 is 1.69 bits per heavy atom. The van der Waals surface area contributed by atoms with Crippen molar-refractivity contribution in [1.82, 2.24) is 19.6 Å². The summed E-state index contributed by atoms with van der Waals surface area (Å²) < 4.78 is 11.9. The number of anilines is 6. The standard InChI is InChI=1S/C19H20N8O2/c1-28-13-3-4-17(22-9-13)25-15-8-18(26-27-16(21)10-23-19(15)27)24-12-5-11(20)6-14(7-12)29-2/h3-10H,20-21H2,1-2H3,(H,22,25)(H,24,26). The van der Waals surface area contributed by atoms with Crippen LogP contribution in [-0.2, 0) is 0 Å². The van der Waals surface area contributed by atoms with Gasteiger partial charge in [-0.15, -0.1) is 5.10 Å². The highest BCUT2D eigenvalue weighted by Gasteiger charge is 2.12. The van der Waals surface area contributed by atoms with Crippen LogP contribution in [-0.4, -0.2) is 33.8 Å². The summed E-state index contributed by atoms with van der Waals surface area (Å²) in [5.41, 5.74) is 14.5. The molecule has 0 unspecified atom stereocenters. The fourth-order valence-corrected chi connectivity index (χ4v) is 2.81. The maximum absolute atomic E-state index is 6.02. The van der Waals surface area contributed by atoms with Crippen molar-refractivity contribution in [2.75, 3.05) is 36.3 Å². The molecule has 0 spiro atoms. The van der Waals surface area contributed by atoms with Gasteiger partial charge >= 0.3 is 0 Å². The van der Waals surface area contributed by atoms with Crippen LogP contribution in [0.4, 0.5) is 34.5 Å². The van der Waals surface area contributed by atoms with E-state index >= 15 is 0 Å². The van der Waals surface area contributed by atoms with Gasteiger partial charge in [0, 0.05) is 29.6 Å². The van der Waals surface area contributed by atoms with Gasteiger partial charge < -0.3 is 31.6 Å². The highest BCUT2D eigenvalue weighted by Crippen LogP contribution is 2.28. The van der Waals surface area contributed by atoms with Crippen LogP contribution in [0, 0.1) is 0 Å². The SMILES string of the molecule is COc1ccc(Nc2cc(Nc3cc(N)cc(OC)c3)nn3c(N)cnc23)nc1. The van der Waals surface area contributed by atoms with Crippen LogP contribution in [0.1, 0.15) is 0 Å². The van der Waals surface area contributed by atoms with Gasteiger partial charge in [0.05, 0.1) is 32.3 Å². The molecule has 6 N–H and O–H groups in total. The lowest BCUT2D eigenvalue weighted by Crippen LogP contribution is -2.05. The normalized spacial score (nSPS) is 10.7. The lowest BCUT2D eigenvalue weighted by Gasteiger charge is -2.12. The molecule has 4 aromatic rings. The number of ether oxygens (including phenoxy) is 2. The van der Waals surface area contributed by atoms with Crippen molar-refractivity contribution in [3.8, 4) is 11.5 Å². The molecule has 0 aliphatic rings. The van der Waals surface area contributed by atoms with Crippen LogP contribution in [0.2, 0.25) is 0 Å². The molecule has 0 aliphatic heterocycles. The summed E-state index contributed by atoms with van der Waals surface area (Å²) in [7, 11) is 3.17. The molecule has 0 bridgehead atoms. The van der Waals surface area contributed by atoms with Gasteiger partial charge in [-0.1, -0.05) is 0 Å². The lowest BCUT2D eigenvalue weighted by molar-refractivity contribution is 0.413. The number of nitrogens with zero attached hydrogens (tertiary/aromatic N) is 4. The van der Waals surface area contributed by atoms with E-state index in [0.717, 1.165) is 5.69 Å². The van der Waals surface area contributed by atoms with Gasteiger partial charge in [0.25, 0.3) is 0 Å². The Balaban J connectivity index is 1.71. The Bertz CT molecular complexity index is 1160. The van der Waals surface area contributed by atoms with Crippen LogP contribution in [0.15, 0.2) is 48.8 Å². The number of benzene rings is 1. The molecule has 148 valence electrons. The zero-order valence-electron chi connectivity index (χ0n) is 15.9. The van der Waals surface area contributed by atoms with E-state index in [1.165, 1.54) is 4.52 Å². The zero-order chi connectivity index (χ0) is 20.4. The maximum Gasteiger partial charge on any atom is 0.179 e. The summed E-state index contributed by atoms with van der Waals surface area (Å²) in [6.45, 7) is 0. The van der Waals surface area contributed by atoms with Crippen molar-refractivity contribution in [2.24, 2.45) is 0 Å². The van der Waals surface area contributed by atoms with Gasteiger partial charge in [-0.2, -0.15) is 4.52 Å². The molecule has 4 rings (SSSR count). The predicted molar refractivity (Wildman–Crippen MR) is 112 cm³/mol. The van der Waals surface area contributed by atoms with Crippen molar-refractivity contribution in [1.29, 1.82) is 0 Å². The van der Waals surface area contributed by atoms with Crippen molar-refractivity contribution < 1.29 is 9.47 Å². The summed E-state index contributed by atoms with van der Waals surface area (Å²) in [6, 6.07) is 10.8. The minimum atomic E-state index is 0.402. The number of nitrogens with one attached hydrogen (secondary N) is 2. The van der Waals surface area contributed by atoms with E-state index in [9.17, 15) is 0 Å². The third kappa shape index (κ3) is 3.76. The number of fused-ring (bicyclic) bond motifs is 1. The topological polar surface area (TPSA) is 138 Å². The Morgan fingerprint density at radius 1 is 0.862 bits per heavy atom. The van der Waals surface area contributed by atoms with E-state index in [4.69, 9.17) is 20.9 Å². The van der Waals surface area contributed by atoms with Gasteiger partial charge in [-0.25, -0.2) is 9.97 Å². The molecule has 0 aliphatic carbocycles. The predicted octanol–water partition coefficient (Wildman–Crippen LogP) is 2.79. The molecule has 0 saturated carbocycles. The Hall–Kier alpha value is -4.21. The molecule has 3 heterocycles. The molecule has 10 heteroatoms. The number of nitrogens with two attached hydrogens (primary N) is 2. The number of hydrogen-bond donors (Lipinski definition) is 4. The number of rotatable bonds is 6. The van der Waals surface area contributed by atoms with Gasteiger partial charge in [0.2, 0.25) is 0 Å². The number of pyridine rings is 1. The van der Waals surface area contributed by atoms with E-state index in [1.54, 1.807) is 44.8 Å². The van der Waals surface area contributed by atoms with E-state index in [2.05, 4.69) is 25.7 Å². The first kappa shape index (κ1) is 18.2. The first-order chi connectivity index (χ1) is 14.1. The van der Waals surface area contributed by atoms with E-state index in [-0.39, 0.29) is 0 Å². The van der Waals surface area contributed by atoms with Crippen LogP contribution >= 0.6 is 0 Å². The summed E-state index contributed by atoms with van der Waals surface area (Å²) >= 11 is 0. The second-order valence-corrected chi connectivity index (χ2v) is 6.19. The van der Waals surface area contributed by atoms with Crippen LogP contribution in [0.3, 0.4) is 0 Å². The van der Waals surface area contributed by atoms with Crippen LogP contribution < -0.4 is 31.6 Å². The molecule has 0 radical (unpaired) electrons. The third-order valence-electron chi connectivity index (χ3n) is 4.17. The largest absolute Gasteiger partial charge is 0.497 e. The minimum Gasteiger partial charge on any atom is -0.497 e. The zero-order valence-corrected chi connectivity index (χ0v) is 15.9. The molecule has 10 nitrogen and oxygen atoms in total. The number of aromatic nitrogens is 4. The van der Waals surface area contributed by atoms with Crippen molar-refractivity contribution in [3.63, 3.8) is 0 Å². The molecular weight excluding hydrogens is 372 g/mol. The van der Waals surface area contributed by atoms with E-state index < -0.39 is 0 Å². The molecular formula is C19H20N8O2. The smallest absolute Gasteiger partial charge is 0.179 e. The minimum absolute atomic E-state index is 0.402. The maximum atomic E-state index is 6.02. The fraction of sp³-hybridized carbons (Fsp3) is 0.105. The van der Waals surface area contributed by atoms with E-state index in [1.807, 2.05) is 18.2 Å². The first-order valence-electron chi connectivity index (χ1n) is 8.68. The highest BCUT2D eigenvalue weighted by atomic mass is 16.5. The van der Waals surface area contributed by atoms with Crippen molar-refractivity contribution in [2.45, 2.75) is 0 Å². The summed E-state index contributed by atoms with van der Waals surface area (Å²) in [4.78, 5) is 8.66. The Labute approximate surface area is 166 Å². The average molecular weight is 392 g/mol. The molecule has 29 heavy (non-hydrogen) atoms. The third-order valence-corrected chi connectivity index (χ3v) is 4.17. The van der Waals surface area contributed by atoms with Crippen LogP contribution in [0.5, 0.6) is 11.5 Å². The van der Waals surface area contributed by atoms with Crippen molar-refractivity contribution in [3.05, 3.63) is 48.8 Å². The molecule has 0 saturated heterocycles. The second kappa shape index (κ2) is 7.43. The highest BCUT2D eigenvalue weighted by molar-refractivity contribution is 5.77.